The Morgan fingerprint density at radius 1 is 1.67 bits per heavy atom. The SMILES string of the molecule is CN(C)NC(CN)CO. The predicted octanol–water partition coefficient (Wildman–Crippen LogP) is -1.63. The van der Waals surface area contributed by atoms with Gasteiger partial charge in [-0.05, 0) is 0 Å². The van der Waals surface area contributed by atoms with E-state index in [1.807, 2.05) is 14.1 Å². The highest BCUT2D eigenvalue weighted by molar-refractivity contribution is 4.61. The molecule has 0 radical (unpaired) electrons. The molecule has 0 bridgehead atoms. The maximum atomic E-state index is 8.61. The molecular formula is C5H15N3O. The van der Waals surface area contributed by atoms with Crippen LogP contribution in [0.3, 0.4) is 0 Å². The summed E-state index contributed by atoms with van der Waals surface area (Å²) in [5, 5.41) is 10.4. The number of rotatable bonds is 4. The van der Waals surface area contributed by atoms with Crippen LogP contribution in [0.2, 0.25) is 0 Å². The van der Waals surface area contributed by atoms with Gasteiger partial charge in [0.05, 0.1) is 12.6 Å². The fourth-order valence-electron chi connectivity index (χ4n) is 0.533. The lowest BCUT2D eigenvalue weighted by Crippen LogP contribution is -2.46. The molecule has 0 aliphatic rings. The Labute approximate surface area is 55.6 Å². The molecule has 1 atom stereocenters. The van der Waals surface area contributed by atoms with E-state index >= 15 is 0 Å². The predicted molar refractivity (Wildman–Crippen MR) is 36.8 cm³/mol. The van der Waals surface area contributed by atoms with Gasteiger partial charge in [0.1, 0.15) is 0 Å². The molecule has 56 valence electrons. The van der Waals surface area contributed by atoms with Gasteiger partial charge in [-0.2, -0.15) is 0 Å². The lowest BCUT2D eigenvalue weighted by Gasteiger charge is -2.18. The third kappa shape index (κ3) is 4.35. The number of nitrogens with zero attached hydrogens (tertiary/aromatic N) is 1. The van der Waals surface area contributed by atoms with Crippen LogP contribution in [0.4, 0.5) is 0 Å². The van der Waals surface area contributed by atoms with Crippen LogP contribution < -0.4 is 11.2 Å². The molecule has 0 saturated carbocycles. The number of aliphatic hydroxyl groups excluding tert-OH is 1. The first kappa shape index (κ1) is 8.84. The van der Waals surface area contributed by atoms with E-state index in [1.54, 1.807) is 5.01 Å². The number of aliphatic hydroxyl groups is 1. The average molecular weight is 133 g/mol. The minimum atomic E-state index is -0.0139. The molecule has 9 heavy (non-hydrogen) atoms. The molecule has 0 rings (SSSR count). The summed E-state index contributed by atoms with van der Waals surface area (Å²) in [6, 6.07) is -0.0139. The Bertz CT molecular complexity index is 63.2. The smallest absolute Gasteiger partial charge is 0.0610 e. The Morgan fingerprint density at radius 3 is 2.33 bits per heavy atom. The largest absolute Gasteiger partial charge is 0.395 e. The fraction of sp³-hybridized carbons (Fsp3) is 1.00. The Hall–Kier alpha value is -0.160. The third-order valence-corrected chi connectivity index (χ3v) is 0.946. The molecule has 4 heteroatoms. The third-order valence-electron chi connectivity index (χ3n) is 0.946. The first-order chi connectivity index (χ1) is 4.20. The quantitative estimate of drug-likeness (QED) is 0.403. The highest BCUT2D eigenvalue weighted by Crippen LogP contribution is 1.76. The van der Waals surface area contributed by atoms with Crippen molar-refractivity contribution in [3.63, 3.8) is 0 Å². The second kappa shape index (κ2) is 4.69. The van der Waals surface area contributed by atoms with Crippen LogP contribution in [-0.2, 0) is 0 Å². The molecular weight excluding hydrogens is 118 g/mol. The van der Waals surface area contributed by atoms with E-state index in [0.29, 0.717) is 6.54 Å². The summed E-state index contributed by atoms with van der Waals surface area (Å²) in [5.74, 6) is 0. The highest BCUT2D eigenvalue weighted by Gasteiger charge is 2.02. The summed E-state index contributed by atoms with van der Waals surface area (Å²) >= 11 is 0. The number of hydrogen-bond donors (Lipinski definition) is 3. The summed E-state index contributed by atoms with van der Waals surface area (Å²) < 4.78 is 0. The normalized spacial score (nSPS) is 14.3. The zero-order valence-electron chi connectivity index (χ0n) is 5.96. The van der Waals surface area contributed by atoms with Crippen molar-refractivity contribution >= 4 is 0 Å². The van der Waals surface area contributed by atoms with Crippen molar-refractivity contribution in [1.82, 2.24) is 10.4 Å². The van der Waals surface area contributed by atoms with Crippen LogP contribution in [0.25, 0.3) is 0 Å². The zero-order chi connectivity index (χ0) is 7.28. The van der Waals surface area contributed by atoms with Gasteiger partial charge < -0.3 is 10.8 Å². The lowest BCUT2D eigenvalue weighted by molar-refractivity contribution is 0.172. The van der Waals surface area contributed by atoms with E-state index in [9.17, 15) is 0 Å². The summed E-state index contributed by atoms with van der Waals surface area (Å²) in [6.45, 7) is 0.531. The van der Waals surface area contributed by atoms with E-state index in [0.717, 1.165) is 0 Å². The summed E-state index contributed by atoms with van der Waals surface area (Å²) in [4.78, 5) is 0. The van der Waals surface area contributed by atoms with Crippen molar-refractivity contribution in [2.24, 2.45) is 5.73 Å². The molecule has 0 aromatic carbocycles. The molecule has 0 aromatic heterocycles. The monoisotopic (exact) mass is 133 g/mol. The molecule has 0 amide bonds. The van der Waals surface area contributed by atoms with Gasteiger partial charge in [0, 0.05) is 20.6 Å². The van der Waals surface area contributed by atoms with Gasteiger partial charge in [0.25, 0.3) is 0 Å². The van der Waals surface area contributed by atoms with Crippen LogP contribution in [0.15, 0.2) is 0 Å². The van der Waals surface area contributed by atoms with Gasteiger partial charge in [-0.3, -0.25) is 5.01 Å². The van der Waals surface area contributed by atoms with Crippen molar-refractivity contribution in [3.05, 3.63) is 0 Å². The van der Waals surface area contributed by atoms with E-state index in [-0.39, 0.29) is 12.6 Å². The molecule has 0 spiro atoms. The number of hydrogen-bond acceptors (Lipinski definition) is 4. The van der Waals surface area contributed by atoms with Crippen LogP contribution >= 0.6 is 0 Å². The maximum Gasteiger partial charge on any atom is 0.0610 e. The molecule has 4 N–H and O–H groups in total. The Kier molecular flexibility index (Phi) is 4.61. The topological polar surface area (TPSA) is 61.5 Å². The average Bonchev–Trinajstić information content (AvgIpc) is 1.82. The number of nitrogens with two attached hydrogens (primary N) is 1. The number of nitrogens with one attached hydrogen (secondary N) is 1. The first-order valence-electron chi connectivity index (χ1n) is 2.95. The van der Waals surface area contributed by atoms with Crippen LogP contribution in [0.5, 0.6) is 0 Å². The molecule has 0 fully saturated rings. The van der Waals surface area contributed by atoms with Crippen LogP contribution in [-0.4, -0.2) is 43.4 Å². The van der Waals surface area contributed by atoms with Crippen molar-refractivity contribution in [1.29, 1.82) is 0 Å². The summed E-state index contributed by atoms with van der Waals surface area (Å²) in [7, 11) is 3.72. The van der Waals surface area contributed by atoms with Gasteiger partial charge in [-0.25, -0.2) is 5.43 Å². The second-order valence-corrected chi connectivity index (χ2v) is 2.14. The van der Waals surface area contributed by atoms with Gasteiger partial charge >= 0.3 is 0 Å². The molecule has 0 aromatic rings. The lowest BCUT2D eigenvalue weighted by atomic mass is 10.3. The van der Waals surface area contributed by atoms with E-state index < -0.39 is 0 Å². The minimum Gasteiger partial charge on any atom is -0.395 e. The van der Waals surface area contributed by atoms with Gasteiger partial charge in [0.15, 0.2) is 0 Å². The van der Waals surface area contributed by atoms with E-state index in [1.165, 1.54) is 0 Å². The van der Waals surface area contributed by atoms with Crippen LogP contribution in [0, 0.1) is 0 Å². The van der Waals surface area contributed by atoms with Crippen molar-refractivity contribution in [3.8, 4) is 0 Å². The minimum absolute atomic E-state index is 0.0139. The maximum absolute atomic E-state index is 8.61. The summed E-state index contributed by atoms with van der Waals surface area (Å²) in [6.07, 6.45) is 0. The molecule has 0 aliphatic carbocycles. The molecule has 0 heterocycles. The van der Waals surface area contributed by atoms with Crippen molar-refractivity contribution < 1.29 is 5.11 Å². The Morgan fingerprint density at radius 2 is 2.22 bits per heavy atom. The van der Waals surface area contributed by atoms with Gasteiger partial charge in [-0.15, -0.1) is 0 Å². The zero-order valence-corrected chi connectivity index (χ0v) is 5.96. The van der Waals surface area contributed by atoms with Crippen LogP contribution in [0.1, 0.15) is 0 Å². The van der Waals surface area contributed by atoms with E-state index in [4.69, 9.17) is 10.8 Å². The number of hydrazine groups is 1. The molecule has 0 saturated heterocycles. The fourth-order valence-corrected chi connectivity index (χ4v) is 0.533. The molecule has 4 nitrogen and oxygen atoms in total. The van der Waals surface area contributed by atoms with E-state index in [2.05, 4.69) is 5.43 Å². The highest BCUT2D eigenvalue weighted by atomic mass is 16.3. The standard InChI is InChI=1S/C5H15N3O/c1-8(2)7-5(3-6)4-9/h5,7,9H,3-4,6H2,1-2H3. The van der Waals surface area contributed by atoms with Gasteiger partial charge in [0.2, 0.25) is 0 Å². The molecule has 1 unspecified atom stereocenters. The van der Waals surface area contributed by atoms with Crippen molar-refractivity contribution in [2.75, 3.05) is 27.2 Å². The summed E-state index contributed by atoms with van der Waals surface area (Å²) in [5.41, 5.74) is 8.22. The Balaban J connectivity index is 3.31. The van der Waals surface area contributed by atoms with Crippen molar-refractivity contribution in [2.45, 2.75) is 6.04 Å². The second-order valence-electron chi connectivity index (χ2n) is 2.14. The molecule has 0 aliphatic heterocycles. The van der Waals surface area contributed by atoms with Gasteiger partial charge in [-0.1, -0.05) is 0 Å². The first-order valence-corrected chi connectivity index (χ1v) is 2.95.